The van der Waals surface area contributed by atoms with Crippen LogP contribution in [0.3, 0.4) is 0 Å². The van der Waals surface area contributed by atoms with E-state index in [0.717, 1.165) is 5.56 Å². The quantitative estimate of drug-likeness (QED) is 0.493. The molecular weight excluding hydrogens is 354 g/mol. The number of hydrogen-bond donors (Lipinski definition) is 4. The van der Waals surface area contributed by atoms with Crippen LogP contribution < -0.4 is 21.9 Å². The number of nitrogens with zero attached hydrogens (tertiary/aromatic N) is 3. The molecule has 0 aliphatic heterocycles. The molecule has 2 aromatic heterocycles. The van der Waals surface area contributed by atoms with Gasteiger partial charge < -0.3 is 11.1 Å². The molecule has 9 heteroatoms. The minimum Gasteiger partial charge on any atom is -0.393 e. The first-order chi connectivity index (χ1) is 12.6. The zero-order valence-corrected chi connectivity index (χ0v) is 14.4. The van der Waals surface area contributed by atoms with Crippen LogP contribution in [0.1, 0.15) is 5.56 Å². The number of pyridine rings is 1. The van der Waals surface area contributed by atoms with Crippen molar-refractivity contribution in [3.63, 3.8) is 0 Å². The molecule has 0 spiro atoms. The van der Waals surface area contributed by atoms with Gasteiger partial charge in [0.25, 0.3) is 0 Å². The number of aromatic nitrogens is 3. The molecule has 8 nitrogen and oxygen atoms in total. The fraction of sp³-hybridized carbons (Fsp3) is 0.0588. The number of carbonyl (C=O) groups is 1. The van der Waals surface area contributed by atoms with Crippen molar-refractivity contribution < 1.29 is 4.79 Å². The van der Waals surface area contributed by atoms with Crippen LogP contribution in [0.15, 0.2) is 55.0 Å². The summed E-state index contributed by atoms with van der Waals surface area (Å²) in [4.78, 5) is 24.2. The standard InChI is InChI=1S/C17H16ClN7O/c18-12-6-7-13(20-9-12)23-16-15(19)17(22-10-21-16)25-24-14(26)8-11-4-2-1-3-5-11/h1-7,9-10H,8,19H2,(H,24,26)(H2,20,21,22,23,25). The van der Waals surface area contributed by atoms with E-state index in [-0.39, 0.29) is 23.8 Å². The molecule has 0 saturated carbocycles. The summed E-state index contributed by atoms with van der Waals surface area (Å²) in [5.41, 5.74) is 12.5. The highest BCUT2D eigenvalue weighted by Crippen LogP contribution is 2.24. The van der Waals surface area contributed by atoms with E-state index in [4.69, 9.17) is 17.3 Å². The molecule has 0 fully saturated rings. The Morgan fingerprint density at radius 2 is 1.81 bits per heavy atom. The van der Waals surface area contributed by atoms with Crippen molar-refractivity contribution in [2.24, 2.45) is 0 Å². The highest BCUT2D eigenvalue weighted by Gasteiger charge is 2.10. The summed E-state index contributed by atoms with van der Waals surface area (Å²) in [6.45, 7) is 0. The van der Waals surface area contributed by atoms with E-state index in [1.807, 2.05) is 30.3 Å². The normalized spacial score (nSPS) is 10.2. The largest absolute Gasteiger partial charge is 0.393 e. The van der Waals surface area contributed by atoms with E-state index in [9.17, 15) is 4.79 Å². The van der Waals surface area contributed by atoms with Crippen molar-refractivity contribution in [3.05, 3.63) is 65.6 Å². The summed E-state index contributed by atoms with van der Waals surface area (Å²) in [7, 11) is 0. The molecule has 1 aromatic carbocycles. The maximum Gasteiger partial charge on any atom is 0.242 e. The monoisotopic (exact) mass is 369 g/mol. The Labute approximate surface area is 154 Å². The zero-order chi connectivity index (χ0) is 18.4. The lowest BCUT2D eigenvalue weighted by Crippen LogP contribution is -2.31. The summed E-state index contributed by atoms with van der Waals surface area (Å²) in [5, 5.41) is 3.49. The number of hydrazine groups is 1. The van der Waals surface area contributed by atoms with E-state index in [1.54, 1.807) is 12.1 Å². The van der Waals surface area contributed by atoms with E-state index in [0.29, 0.717) is 16.7 Å². The number of rotatable bonds is 6. The summed E-state index contributed by atoms with van der Waals surface area (Å²) in [6, 6.07) is 12.8. The predicted molar refractivity (Wildman–Crippen MR) is 101 cm³/mol. The van der Waals surface area contributed by atoms with Gasteiger partial charge in [0.1, 0.15) is 17.8 Å². The molecule has 0 radical (unpaired) electrons. The smallest absolute Gasteiger partial charge is 0.242 e. The topological polar surface area (TPSA) is 118 Å². The number of nitrogens with two attached hydrogens (primary N) is 1. The van der Waals surface area contributed by atoms with Gasteiger partial charge in [-0.15, -0.1) is 0 Å². The van der Waals surface area contributed by atoms with Gasteiger partial charge >= 0.3 is 0 Å². The molecule has 0 unspecified atom stereocenters. The number of benzene rings is 1. The molecule has 0 aliphatic carbocycles. The molecule has 0 aliphatic rings. The molecule has 3 rings (SSSR count). The van der Waals surface area contributed by atoms with Crippen molar-refractivity contribution in [2.45, 2.75) is 6.42 Å². The van der Waals surface area contributed by atoms with Gasteiger partial charge in [-0.3, -0.25) is 15.6 Å². The Morgan fingerprint density at radius 1 is 1.04 bits per heavy atom. The molecule has 132 valence electrons. The van der Waals surface area contributed by atoms with Gasteiger partial charge in [0.05, 0.1) is 11.4 Å². The SMILES string of the molecule is Nc1c(NNC(=O)Cc2ccccc2)ncnc1Nc1ccc(Cl)cn1. The number of nitrogen functional groups attached to an aromatic ring is 1. The Bertz CT molecular complexity index is 887. The molecular formula is C17H16ClN7O. The molecule has 0 atom stereocenters. The van der Waals surface area contributed by atoms with E-state index in [1.165, 1.54) is 12.5 Å². The van der Waals surface area contributed by atoms with Crippen molar-refractivity contribution in [1.82, 2.24) is 20.4 Å². The fourth-order valence-electron chi connectivity index (χ4n) is 2.12. The van der Waals surface area contributed by atoms with Crippen molar-refractivity contribution >= 4 is 40.6 Å². The first-order valence-electron chi connectivity index (χ1n) is 7.69. The van der Waals surface area contributed by atoms with Gasteiger partial charge in [-0.25, -0.2) is 15.0 Å². The summed E-state index contributed by atoms with van der Waals surface area (Å²) in [6.07, 6.45) is 3.06. The first kappa shape index (κ1) is 17.4. The van der Waals surface area contributed by atoms with Crippen molar-refractivity contribution in [2.75, 3.05) is 16.5 Å². The second kappa shape index (κ2) is 8.13. The van der Waals surface area contributed by atoms with Gasteiger partial charge in [0.15, 0.2) is 11.6 Å². The van der Waals surface area contributed by atoms with Gasteiger partial charge in [0.2, 0.25) is 5.91 Å². The summed E-state index contributed by atoms with van der Waals surface area (Å²) in [5.74, 6) is 0.939. The fourth-order valence-corrected chi connectivity index (χ4v) is 2.23. The molecule has 0 bridgehead atoms. The van der Waals surface area contributed by atoms with Gasteiger partial charge in [0, 0.05) is 6.20 Å². The molecule has 26 heavy (non-hydrogen) atoms. The number of halogens is 1. The van der Waals surface area contributed by atoms with Crippen LogP contribution in [0.25, 0.3) is 0 Å². The molecule has 3 aromatic rings. The maximum atomic E-state index is 12.0. The molecule has 5 N–H and O–H groups in total. The second-order valence-electron chi connectivity index (χ2n) is 5.31. The number of nitrogens with one attached hydrogen (secondary N) is 3. The van der Waals surface area contributed by atoms with Crippen LogP contribution in [0.4, 0.5) is 23.1 Å². The number of amides is 1. The third kappa shape index (κ3) is 4.58. The summed E-state index contributed by atoms with van der Waals surface area (Å²) >= 11 is 5.81. The van der Waals surface area contributed by atoms with Crippen LogP contribution in [-0.2, 0) is 11.2 Å². The zero-order valence-electron chi connectivity index (χ0n) is 13.6. The second-order valence-corrected chi connectivity index (χ2v) is 5.74. The van der Waals surface area contributed by atoms with Crippen molar-refractivity contribution in [1.29, 1.82) is 0 Å². The van der Waals surface area contributed by atoms with Gasteiger partial charge in [-0.1, -0.05) is 41.9 Å². The Balaban J connectivity index is 1.63. The van der Waals surface area contributed by atoms with Gasteiger partial charge in [-0.2, -0.15) is 0 Å². The Morgan fingerprint density at radius 3 is 2.54 bits per heavy atom. The third-order valence-corrected chi connectivity index (χ3v) is 3.61. The molecule has 0 saturated heterocycles. The van der Waals surface area contributed by atoms with E-state index in [2.05, 4.69) is 31.1 Å². The van der Waals surface area contributed by atoms with E-state index >= 15 is 0 Å². The number of hydrogen-bond acceptors (Lipinski definition) is 7. The van der Waals surface area contributed by atoms with E-state index < -0.39 is 0 Å². The lowest BCUT2D eigenvalue weighted by Gasteiger charge is -2.13. The number of carbonyl (C=O) groups excluding carboxylic acids is 1. The number of anilines is 4. The Kier molecular flexibility index (Phi) is 5.45. The third-order valence-electron chi connectivity index (χ3n) is 3.39. The predicted octanol–water partition coefficient (Wildman–Crippen LogP) is 2.54. The van der Waals surface area contributed by atoms with Crippen LogP contribution in [0, 0.1) is 0 Å². The van der Waals surface area contributed by atoms with Crippen LogP contribution in [0.5, 0.6) is 0 Å². The summed E-state index contributed by atoms with van der Waals surface area (Å²) < 4.78 is 0. The molecule has 2 heterocycles. The lowest BCUT2D eigenvalue weighted by atomic mass is 10.1. The average molecular weight is 370 g/mol. The van der Waals surface area contributed by atoms with Gasteiger partial charge in [-0.05, 0) is 17.7 Å². The Hall–Kier alpha value is -3.39. The lowest BCUT2D eigenvalue weighted by molar-refractivity contribution is -0.119. The highest BCUT2D eigenvalue weighted by molar-refractivity contribution is 6.30. The van der Waals surface area contributed by atoms with Crippen LogP contribution >= 0.6 is 11.6 Å². The average Bonchev–Trinajstić information content (AvgIpc) is 2.65. The minimum atomic E-state index is -0.219. The van der Waals surface area contributed by atoms with Crippen LogP contribution in [-0.4, -0.2) is 20.9 Å². The van der Waals surface area contributed by atoms with Crippen molar-refractivity contribution in [3.8, 4) is 0 Å². The molecule has 1 amide bonds. The maximum absolute atomic E-state index is 12.0. The highest BCUT2D eigenvalue weighted by atomic mass is 35.5. The van der Waals surface area contributed by atoms with Crippen LogP contribution in [0.2, 0.25) is 5.02 Å². The first-order valence-corrected chi connectivity index (χ1v) is 8.07. The minimum absolute atomic E-state index is 0.219.